The summed E-state index contributed by atoms with van der Waals surface area (Å²) in [7, 11) is 1.60. The highest BCUT2D eigenvalue weighted by Gasteiger charge is 2.06. The molecule has 0 aliphatic carbocycles. The van der Waals surface area contributed by atoms with Crippen molar-refractivity contribution in [1.82, 2.24) is 10.6 Å². The van der Waals surface area contributed by atoms with Crippen LogP contribution in [0.4, 0.5) is 0 Å². The molecule has 132 valence electrons. The van der Waals surface area contributed by atoms with E-state index >= 15 is 0 Å². The summed E-state index contributed by atoms with van der Waals surface area (Å²) in [6, 6.07) is 5.70. The summed E-state index contributed by atoms with van der Waals surface area (Å²) in [5.41, 5.74) is 1.00. The minimum Gasteiger partial charge on any atom is -0.493 e. The van der Waals surface area contributed by atoms with Gasteiger partial charge in [-0.3, -0.25) is 0 Å². The van der Waals surface area contributed by atoms with Gasteiger partial charge in [0, 0.05) is 19.7 Å². The van der Waals surface area contributed by atoms with Crippen LogP contribution in [0.15, 0.2) is 23.2 Å². The van der Waals surface area contributed by atoms with E-state index in [-0.39, 0.29) is 6.61 Å². The molecule has 0 bridgehead atoms. The Morgan fingerprint density at radius 3 is 2.75 bits per heavy atom. The Labute approximate surface area is 144 Å². The number of terminal acetylenes is 1. The number of ether oxygens (including phenoxy) is 3. The van der Waals surface area contributed by atoms with Crippen LogP contribution in [0.1, 0.15) is 19.4 Å². The van der Waals surface area contributed by atoms with Crippen LogP contribution in [-0.2, 0) is 11.3 Å². The van der Waals surface area contributed by atoms with Gasteiger partial charge in [0.2, 0.25) is 0 Å². The monoisotopic (exact) mass is 333 g/mol. The highest BCUT2D eigenvalue weighted by molar-refractivity contribution is 5.79. The van der Waals surface area contributed by atoms with Gasteiger partial charge < -0.3 is 24.8 Å². The third-order valence-electron chi connectivity index (χ3n) is 3.05. The predicted octanol–water partition coefficient (Wildman–Crippen LogP) is 1.80. The van der Waals surface area contributed by atoms with Gasteiger partial charge in [-0.15, -0.1) is 6.42 Å². The number of benzene rings is 1. The topological polar surface area (TPSA) is 64.1 Å². The first kappa shape index (κ1) is 19.7. The minimum atomic E-state index is 0.199. The highest BCUT2D eigenvalue weighted by Crippen LogP contribution is 2.28. The Hall–Kier alpha value is -2.39. The molecule has 0 aliphatic rings. The van der Waals surface area contributed by atoms with Crippen molar-refractivity contribution in [2.75, 3.05) is 40.0 Å². The van der Waals surface area contributed by atoms with Gasteiger partial charge in [-0.1, -0.05) is 12.0 Å². The molecule has 0 saturated carbocycles. The van der Waals surface area contributed by atoms with E-state index in [0.29, 0.717) is 37.8 Å². The lowest BCUT2D eigenvalue weighted by molar-refractivity contribution is 0.152. The van der Waals surface area contributed by atoms with Gasteiger partial charge in [0.15, 0.2) is 17.5 Å². The fourth-order valence-corrected chi connectivity index (χ4v) is 1.95. The van der Waals surface area contributed by atoms with Gasteiger partial charge in [-0.2, -0.15) is 0 Å². The molecule has 0 spiro atoms. The molecule has 2 N–H and O–H groups in total. The van der Waals surface area contributed by atoms with Crippen LogP contribution in [0.25, 0.3) is 0 Å². The zero-order chi connectivity index (χ0) is 17.6. The third kappa shape index (κ3) is 7.25. The van der Waals surface area contributed by atoms with Crippen LogP contribution in [0.5, 0.6) is 11.5 Å². The van der Waals surface area contributed by atoms with Crippen molar-refractivity contribution < 1.29 is 14.2 Å². The average molecular weight is 333 g/mol. The normalized spacial score (nSPS) is 10.8. The molecule has 6 nitrogen and oxygen atoms in total. The van der Waals surface area contributed by atoms with E-state index < -0.39 is 0 Å². The van der Waals surface area contributed by atoms with Gasteiger partial charge in [-0.05, 0) is 31.5 Å². The van der Waals surface area contributed by atoms with E-state index in [9.17, 15) is 0 Å². The smallest absolute Gasteiger partial charge is 0.191 e. The molecule has 0 amide bonds. The zero-order valence-corrected chi connectivity index (χ0v) is 14.7. The fraction of sp³-hybridized carbons (Fsp3) is 0.500. The van der Waals surface area contributed by atoms with Crippen molar-refractivity contribution in [1.29, 1.82) is 0 Å². The minimum absolute atomic E-state index is 0.199. The van der Waals surface area contributed by atoms with E-state index in [0.717, 1.165) is 18.1 Å². The SMILES string of the molecule is C#CCOc1cc(CN=C(NCC)NCCOCC)ccc1OC. The number of guanidine groups is 1. The van der Waals surface area contributed by atoms with Crippen molar-refractivity contribution in [3.63, 3.8) is 0 Å². The number of nitrogens with one attached hydrogen (secondary N) is 2. The predicted molar refractivity (Wildman–Crippen MR) is 96.6 cm³/mol. The molecule has 0 radical (unpaired) electrons. The molecule has 0 aliphatic heterocycles. The van der Waals surface area contributed by atoms with Crippen LogP contribution in [-0.4, -0.2) is 46.0 Å². The Kier molecular flexibility index (Phi) is 9.90. The molecule has 0 heterocycles. The summed E-state index contributed by atoms with van der Waals surface area (Å²) >= 11 is 0. The van der Waals surface area contributed by atoms with E-state index in [2.05, 4.69) is 21.5 Å². The van der Waals surface area contributed by atoms with Crippen molar-refractivity contribution in [3.05, 3.63) is 23.8 Å². The average Bonchev–Trinajstić information content (AvgIpc) is 2.61. The van der Waals surface area contributed by atoms with Gasteiger partial charge in [0.25, 0.3) is 0 Å². The molecular formula is C18H27N3O3. The molecule has 0 atom stereocenters. The first-order valence-corrected chi connectivity index (χ1v) is 8.08. The highest BCUT2D eigenvalue weighted by atomic mass is 16.5. The molecule has 0 unspecified atom stereocenters. The molecule has 1 aromatic rings. The van der Waals surface area contributed by atoms with E-state index in [1.54, 1.807) is 7.11 Å². The summed E-state index contributed by atoms with van der Waals surface area (Å²) in [6.45, 7) is 7.57. The second-order valence-corrected chi connectivity index (χ2v) is 4.80. The maximum atomic E-state index is 5.51. The maximum absolute atomic E-state index is 5.51. The van der Waals surface area contributed by atoms with Gasteiger partial charge >= 0.3 is 0 Å². The Morgan fingerprint density at radius 1 is 1.25 bits per heavy atom. The molecule has 1 rings (SSSR count). The van der Waals surface area contributed by atoms with Crippen molar-refractivity contribution in [3.8, 4) is 23.8 Å². The molecule has 0 fully saturated rings. The number of nitrogens with zero attached hydrogens (tertiary/aromatic N) is 1. The van der Waals surface area contributed by atoms with Crippen LogP contribution in [0.2, 0.25) is 0 Å². The molecule has 24 heavy (non-hydrogen) atoms. The zero-order valence-electron chi connectivity index (χ0n) is 14.7. The van der Waals surface area contributed by atoms with Crippen molar-refractivity contribution in [2.24, 2.45) is 4.99 Å². The summed E-state index contributed by atoms with van der Waals surface area (Å²) < 4.78 is 16.1. The molecule has 1 aromatic carbocycles. The van der Waals surface area contributed by atoms with E-state index in [4.69, 9.17) is 20.6 Å². The fourth-order valence-electron chi connectivity index (χ4n) is 1.95. The summed E-state index contributed by atoms with van der Waals surface area (Å²) in [6.07, 6.45) is 5.24. The van der Waals surface area contributed by atoms with Crippen LogP contribution in [0, 0.1) is 12.3 Å². The molecule has 6 heteroatoms. The van der Waals surface area contributed by atoms with Gasteiger partial charge in [-0.25, -0.2) is 4.99 Å². The van der Waals surface area contributed by atoms with Crippen LogP contribution >= 0.6 is 0 Å². The first-order valence-electron chi connectivity index (χ1n) is 8.08. The summed E-state index contributed by atoms with van der Waals surface area (Å²) in [5, 5.41) is 6.43. The molecular weight excluding hydrogens is 306 g/mol. The summed E-state index contributed by atoms with van der Waals surface area (Å²) in [5.74, 6) is 4.47. The summed E-state index contributed by atoms with van der Waals surface area (Å²) in [4.78, 5) is 4.56. The Balaban J connectivity index is 2.71. The number of hydrogen-bond donors (Lipinski definition) is 2. The van der Waals surface area contributed by atoms with Crippen LogP contribution in [0.3, 0.4) is 0 Å². The van der Waals surface area contributed by atoms with E-state index in [1.165, 1.54) is 0 Å². The van der Waals surface area contributed by atoms with Crippen molar-refractivity contribution >= 4 is 5.96 Å². The molecule has 0 aromatic heterocycles. The first-order chi connectivity index (χ1) is 11.7. The van der Waals surface area contributed by atoms with E-state index in [1.807, 2.05) is 32.0 Å². The lowest BCUT2D eigenvalue weighted by Gasteiger charge is -2.12. The van der Waals surface area contributed by atoms with Gasteiger partial charge in [0.05, 0.1) is 20.3 Å². The number of aliphatic imine (C=N–C) groups is 1. The van der Waals surface area contributed by atoms with Crippen molar-refractivity contribution in [2.45, 2.75) is 20.4 Å². The lowest BCUT2D eigenvalue weighted by Crippen LogP contribution is -2.39. The standard InChI is InChI=1S/C18H27N3O3/c1-5-11-24-17-13-15(8-9-16(17)22-4)14-21-18(19-6-2)20-10-12-23-7-3/h1,8-9,13H,6-7,10-12,14H2,2-4H3,(H2,19,20,21). The molecule has 0 saturated heterocycles. The maximum Gasteiger partial charge on any atom is 0.191 e. The second-order valence-electron chi connectivity index (χ2n) is 4.80. The van der Waals surface area contributed by atoms with Crippen LogP contribution < -0.4 is 20.1 Å². The Bertz CT molecular complexity index is 553. The lowest BCUT2D eigenvalue weighted by atomic mass is 10.2. The second kappa shape index (κ2) is 12.1. The number of methoxy groups -OCH3 is 1. The number of hydrogen-bond acceptors (Lipinski definition) is 4. The van der Waals surface area contributed by atoms with Gasteiger partial charge in [0.1, 0.15) is 6.61 Å². The number of rotatable bonds is 10. The third-order valence-corrected chi connectivity index (χ3v) is 3.05. The largest absolute Gasteiger partial charge is 0.493 e. The Morgan fingerprint density at radius 2 is 2.08 bits per heavy atom. The quantitative estimate of drug-likeness (QED) is 0.296.